The normalized spacial score (nSPS) is 11.8. The first-order chi connectivity index (χ1) is 10.1. The van der Waals surface area contributed by atoms with Gasteiger partial charge in [-0.05, 0) is 26.3 Å². The Bertz CT molecular complexity index is 449. The van der Waals surface area contributed by atoms with Gasteiger partial charge in [0.2, 0.25) is 0 Å². The van der Waals surface area contributed by atoms with E-state index >= 15 is 0 Å². The molecule has 0 aromatic heterocycles. The molecule has 0 saturated heterocycles. The molecule has 5 nitrogen and oxygen atoms in total. The number of rotatable bonds is 9. The largest absolute Gasteiger partial charge is 0.490 e. The van der Waals surface area contributed by atoms with Crippen LogP contribution in [-0.4, -0.2) is 25.2 Å². The predicted molar refractivity (Wildman–Crippen MR) is 83.5 cm³/mol. The SMILES string of the molecule is CCCC(C)NC(=O)COc1c(CN)cccc1OCC. The van der Waals surface area contributed by atoms with E-state index in [0.717, 1.165) is 18.4 Å². The van der Waals surface area contributed by atoms with Gasteiger partial charge in [-0.15, -0.1) is 0 Å². The average molecular weight is 294 g/mol. The van der Waals surface area contributed by atoms with Crippen molar-refractivity contribution in [2.24, 2.45) is 5.73 Å². The maximum Gasteiger partial charge on any atom is 0.258 e. The molecular formula is C16H26N2O3. The number of hydrogen-bond donors (Lipinski definition) is 2. The van der Waals surface area contributed by atoms with Crippen molar-refractivity contribution in [2.45, 2.75) is 46.2 Å². The number of hydrogen-bond acceptors (Lipinski definition) is 4. The Hall–Kier alpha value is -1.75. The van der Waals surface area contributed by atoms with E-state index in [1.807, 2.05) is 32.0 Å². The fourth-order valence-electron chi connectivity index (χ4n) is 2.11. The van der Waals surface area contributed by atoms with Gasteiger partial charge in [0.15, 0.2) is 18.1 Å². The van der Waals surface area contributed by atoms with Crippen molar-refractivity contribution in [3.8, 4) is 11.5 Å². The Morgan fingerprint density at radius 2 is 2.10 bits per heavy atom. The molecular weight excluding hydrogens is 268 g/mol. The first kappa shape index (κ1) is 17.3. The van der Waals surface area contributed by atoms with Crippen molar-refractivity contribution in [1.29, 1.82) is 0 Å². The van der Waals surface area contributed by atoms with E-state index in [9.17, 15) is 4.79 Å². The van der Waals surface area contributed by atoms with Gasteiger partial charge in [-0.2, -0.15) is 0 Å². The van der Waals surface area contributed by atoms with Gasteiger partial charge in [0.25, 0.3) is 5.91 Å². The molecule has 5 heteroatoms. The third-order valence-electron chi connectivity index (χ3n) is 3.06. The third kappa shape index (κ3) is 5.63. The number of benzene rings is 1. The highest BCUT2D eigenvalue weighted by Gasteiger charge is 2.13. The molecule has 0 bridgehead atoms. The zero-order valence-corrected chi connectivity index (χ0v) is 13.1. The zero-order valence-electron chi connectivity index (χ0n) is 13.1. The van der Waals surface area contributed by atoms with E-state index in [1.54, 1.807) is 0 Å². The maximum absolute atomic E-state index is 11.9. The van der Waals surface area contributed by atoms with Crippen LogP contribution in [0.25, 0.3) is 0 Å². The summed E-state index contributed by atoms with van der Waals surface area (Å²) in [6.45, 7) is 6.81. The topological polar surface area (TPSA) is 73.6 Å². The Morgan fingerprint density at radius 1 is 1.33 bits per heavy atom. The third-order valence-corrected chi connectivity index (χ3v) is 3.06. The summed E-state index contributed by atoms with van der Waals surface area (Å²) >= 11 is 0. The highest BCUT2D eigenvalue weighted by Crippen LogP contribution is 2.31. The van der Waals surface area contributed by atoms with Crippen molar-refractivity contribution < 1.29 is 14.3 Å². The van der Waals surface area contributed by atoms with Crippen molar-refractivity contribution in [2.75, 3.05) is 13.2 Å². The van der Waals surface area contributed by atoms with Crippen LogP contribution in [0.5, 0.6) is 11.5 Å². The maximum atomic E-state index is 11.9. The summed E-state index contributed by atoms with van der Waals surface area (Å²) in [5.41, 5.74) is 6.54. The summed E-state index contributed by atoms with van der Waals surface area (Å²) in [7, 11) is 0. The monoisotopic (exact) mass is 294 g/mol. The smallest absolute Gasteiger partial charge is 0.258 e. The second-order valence-electron chi connectivity index (χ2n) is 4.93. The summed E-state index contributed by atoms with van der Waals surface area (Å²) in [5.74, 6) is 1.04. The van der Waals surface area contributed by atoms with E-state index in [2.05, 4.69) is 12.2 Å². The van der Waals surface area contributed by atoms with E-state index in [0.29, 0.717) is 24.7 Å². The standard InChI is InChI=1S/C16H26N2O3/c1-4-7-12(3)18-15(19)11-21-16-13(10-17)8-6-9-14(16)20-5-2/h6,8-9,12H,4-5,7,10-11,17H2,1-3H3,(H,18,19). The lowest BCUT2D eigenvalue weighted by Gasteiger charge is -2.16. The van der Waals surface area contributed by atoms with Gasteiger partial charge in [0, 0.05) is 18.2 Å². The first-order valence-corrected chi connectivity index (χ1v) is 7.49. The first-order valence-electron chi connectivity index (χ1n) is 7.49. The number of nitrogens with two attached hydrogens (primary N) is 1. The van der Waals surface area contributed by atoms with E-state index in [1.165, 1.54) is 0 Å². The van der Waals surface area contributed by atoms with Crippen LogP contribution < -0.4 is 20.5 Å². The zero-order chi connectivity index (χ0) is 15.7. The molecule has 1 amide bonds. The molecule has 0 fully saturated rings. The van der Waals surface area contributed by atoms with E-state index in [-0.39, 0.29) is 18.6 Å². The summed E-state index contributed by atoms with van der Waals surface area (Å²) in [4.78, 5) is 11.9. The molecule has 1 atom stereocenters. The van der Waals surface area contributed by atoms with Gasteiger partial charge in [-0.3, -0.25) is 4.79 Å². The van der Waals surface area contributed by atoms with Gasteiger partial charge in [-0.25, -0.2) is 0 Å². The fourth-order valence-corrected chi connectivity index (χ4v) is 2.11. The lowest BCUT2D eigenvalue weighted by atomic mass is 10.2. The van der Waals surface area contributed by atoms with E-state index < -0.39 is 0 Å². The van der Waals surface area contributed by atoms with Gasteiger partial charge in [-0.1, -0.05) is 25.5 Å². The Balaban J connectivity index is 2.67. The molecule has 1 unspecified atom stereocenters. The fraction of sp³-hybridized carbons (Fsp3) is 0.562. The molecule has 0 spiro atoms. The minimum atomic E-state index is -0.134. The van der Waals surface area contributed by atoms with Gasteiger partial charge in [0.1, 0.15) is 0 Å². The van der Waals surface area contributed by atoms with Crippen LogP contribution in [0.4, 0.5) is 0 Å². The van der Waals surface area contributed by atoms with Gasteiger partial charge >= 0.3 is 0 Å². The van der Waals surface area contributed by atoms with Gasteiger partial charge in [0.05, 0.1) is 6.61 Å². The van der Waals surface area contributed by atoms with Crippen molar-refractivity contribution in [3.63, 3.8) is 0 Å². The van der Waals surface area contributed by atoms with Crippen molar-refractivity contribution in [3.05, 3.63) is 23.8 Å². The Kier molecular flexibility index (Phi) is 7.61. The molecule has 1 aromatic rings. The minimum absolute atomic E-state index is 0.0366. The molecule has 1 rings (SSSR count). The van der Waals surface area contributed by atoms with Crippen LogP contribution in [0, 0.1) is 0 Å². The van der Waals surface area contributed by atoms with Gasteiger partial charge < -0.3 is 20.5 Å². The molecule has 0 aliphatic rings. The van der Waals surface area contributed by atoms with Crippen LogP contribution in [0.15, 0.2) is 18.2 Å². The molecule has 118 valence electrons. The lowest BCUT2D eigenvalue weighted by molar-refractivity contribution is -0.123. The van der Waals surface area contributed by atoms with Crippen molar-refractivity contribution in [1.82, 2.24) is 5.32 Å². The van der Waals surface area contributed by atoms with Crippen LogP contribution in [0.1, 0.15) is 39.2 Å². The number of para-hydroxylation sites is 1. The quantitative estimate of drug-likeness (QED) is 0.732. The molecule has 1 aromatic carbocycles. The second-order valence-corrected chi connectivity index (χ2v) is 4.93. The summed E-state index contributed by atoms with van der Waals surface area (Å²) < 4.78 is 11.2. The molecule has 3 N–H and O–H groups in total. The summed E-state index contributed by atoms with van der Waals surface area (Å²) in [6.07, 6.45) is 1.99. The summed E-state index contributed by atoms with van der Waals surface area (Å²) in [5, 5.41) is 2.90. The number of carbonyl (C=O) groups excluding carboxylic acids is 1. The summed E-state index contributed by atoms with van der Waals surface area (Å²) in [6, 6.07) is 5.70. The predicted octanol–water partition coefficient (Wildman–Crippen LogP) is 2.23. The molecule has 0 saturated carbocycles. The molecule has 0 aliphatic heterocycles. The molecule has 21 heavy (non-hydrogen) atoms. The van der Waals surface area contributed by atoms with Crippen LogP contribution in [0.2, 0.25) is 0 Å². The average Bonchev–Trinajstić information content (AvgIpc) is 2.46. The minimum Gasteiger partial charge on any atom is -0.490 e. The highest BCUT2D eigenvalue weighted by atomic mass is 16.5. The highest BCUT2D eigenvalue weighted by molar-refractivity contribution is 5.78. The number of nitrogens with one attached hydrogen (secondary N) is 1. The molecule has 0 radical (unpaired) electrons. The molecule has 0 aliphatic carbocycles. The number of ether oxygens (including phenoxy) is 2. The molecule has 0 heterocycles. The van der Waals surface area contributed by atoms with Crippen LogP contribution >= 0.6 is 0 Å². The second kappa shape index (κ2) is 9.23. The van der Waals surface area contributed by atoms with Crippen LogP contribution in [0.3, 0.4) is 0 Å². The Morgan fingerprint density at radius 3 is 2.71 bits per heavy atom. The number of amides is 1. The van der Waals surface area contributed by atoms with Crippen molar-refractivity contribution >= 4 is 5.91 Å². The lowest BCUT2D eigenvalue weighted by Crippen LogP contribution is -2.36. The van der Waals surface area contributed by atoms with Crippen LogP contribution in [-0.2, 0) is 11.3 Å². The van der Waals surface area contributed by atoms with E-state index in [4.69, 9.17) is 15.2 Å². The Labute approximate surface area is 126 Å². The number of carbonyl (C=O) groups is 1.